The van der Waals surface area contributed by atoms with Crippen LogP contribution in [0.3, 0.4) is 0 Å². The number of piperidine rings is 1. The Kier molecular flexibility index (Phi) is 10.9. The number of aryl methyl sites for hydroxylation is 1. The number of ether oxygens (including phenoxy) is 1. The molecule has 2 atom stereocenters. The summed E-state index contributed by atoms with van der Waals surface area (Å²) in [6.45, 7) is 9.23. The Morgan fingerprint density at radius 3 is 2.11 bits per heavy atom. The first-order chi connectivity index (χ1) is 21.6. The molecule has 2 saturated heterocycles. The molecular formula is C34H46N4O7S. The van der Waals surface area contributed by atoms with E-state index < -0.39 is 56.8 Å². The van der Waals surface area contributed by atoms with Gasteiger partial charge in [0.1, 0.15) is 11.1 Å². The average Bonchev–Trinajstić information content (AvgIpc) is 3.22. The van der Waals surface area contributed by atoms with Crippen LogP contribution in [0.25, 0.3) is 0 Å². The van der Waals surface area contributed by atoms with Gasteiger partial charge in [-0.3, -0.25) is 19.8 Å². The van der Waals surface area contributed by atoms with Gasteiger partial charge in [0, 0.05) is 13.1 Å². The van der Waals surface area contributed by atoms with E-state index in [0.717, 1.165) is 5.56 Å². The number of nitrogens with one attached hydrogen (secondary N) is 2. The van der Waals surface area contributed by atoms with Crippen molar-refractivity contribution in [2.75, 3.05) is 13.1 Å². The summed E-state index contributed by atoms with van der Waals surface area (Å²) >= 11 is 0. The zero-order valence-corrected chi connectivity index (χ0v) is 28.1. The summed E-state index contributed by atoms with van der Waals surface area (Å²) in [6.07, 6.45) is 2.15. The van der Waals surface area contributed by atoms with Gasteiger partial charge in [-0.25, -0.2) is 13.2 Å². The molecule has 4 amide bonds. The maximum atomic E-state index is 13.9. The van der Waals surface area contributed by atoms with Crippen molar-refractivity contribution < 1.29 is 32.3 Å². The van der Waals surface area contributed by atoms with Crippen molar-refractivity contribution in [3.05, 3.63) is 66.2 Å². The molecule has 250 valence electrons. The molecule has 2 aliphatic rings. The van der Waals surface area contributed by atoms with E-state index in [1.165, 1.54) is 16.4 Å². The van der Waals surface area contributed by atoms with Crippen LogP contribution < -0.4 is 10.7 Å². The monoisotopic (exact) mass is 654 g/mol. The van der Waals surface area contributed by atoms with Crippen molar-refractivity contribution in [3.8, 4) is 0 Å². The van der Waals surface area contributed by atoms with Gasteiger partial charge in [-0.1, -0.05) is 62.4 Å². The molecule has 2 aromatic rings. The first-order valence-electron chi connectivity index (χ1n) is 15.9. The van der Waals surface area contributed by atoms with E-state index in [1.54, 1.807) is 39.0 Å². The number of carbonyl (C=O) groups is 4. The fourth-order valence-corrected chi connectivity index (χ4v) is 7.56. The summed E-state index contributed by atoms with van der Waals surface area (Å²) in [5.41, 5.74) is 1.52. The van der Waals surface area contributed by atoms with E-state index in [4.69, 9.17) is 4.74 Å². The molecule has 4 rings (SSSR count). The van der Waals surface area contributed by atoms with Gasteiger partial charge in [-0.15, -0.1) is 0 Å². The number of urea groups is 1. The predicted molar refractivity (Wildman–Crippen MR) is 172 cm³/mol. The fourth-order valence-electron chi connectivity index (χ4n) is 6.10. The van der Waals surface area contributed by atoms with Gasteiger partial charge in [0.15, 0.2) is 0 Å². The molecule has 2 fully saturated rings. The number of carbonyl (C=O) groups excluding carboxylic acids is 4. The first-order valence-corrected chi connectivity index (χ1v) is 17.4. The number of hydrogen-bond donors (Lipinski definition) is 2. The number of imide groups is 1. The van der Waals surface area contributed by atoms with Crippen LogP contribution in [0.2, 0.25) is 0 Å². The Balaban J connectivity index is 1.49. The summed E-state index contributed by atoms with van der Waals surface area (Å²) in [6, 6.07) is 17.1. The third-order valence-electron chi connectivity index (χ3n) is 8.42. The maximum absolute atomic E-state index is 13.9. The molecule has 0 aromatic heterocycles. The summed E-state index contributed by atoms with van der Waals surface area (Å²) < 4.78 is 33.3. The van der Waals surface area contributed by atoms with Gasteiger partial charge in [0.25, 0.3) is 5.91 Å². The van der Waals surface area contributed by atoms with Crippen LogP contribution in [0.1, 0.15) is 72.3 Å². The van der Waals surface area contributed by atoms with E-state index in [9.17, 15) is 27.6 Å². The van der Waals surface area contributed by atoms with E-state index in [-0.39, 0.29) is 36.7 Å². The quantitative estimate of drug-likeness (QED) is 0.255. The summed E-state index contributed by atoms with van der Waals surface area (Å²) in [7, 11) is -3.77. The first kappa shape index (κ1) is 35.1. The number of hydrogen-bond acceptors (Lipinski definition) is 7. The molecule has 0 saturated carbocycles. The standard InChI is InChI=1S/C34H46N4O7S/c1-24(2)23-28(27(30(40)45-33(3,4)5)18-12-15-25-13-8-6-9-14-25)29(39)36-38-31(41)34(35-32(38)42)19-21-37(22-20-34)46(43,44)26-16-10-7-11-17-26/h6-11,13-14,16-17,24,27-28H,12,15,18-23H2,1-5H3,(H,35,42)(H,36,39)/t27-,28?/m1/s1. The van der Waals surface area contributed by atoms with Crippen LogP contribution in [-0.2, 0) is 35.6 Å². The Morgan fingerprint density at radius 2 is 1.54 bits per heavy atom. The molecule has 0 aliphatic carbocycles. The van der Waals surface area contributed by atoms with Crippen LogP contribution >= 0.6 is 0 Å². The smallest absolute Gasteiger partial charge is 0.344 e. The molecule has 1 unspecified atom stereocenters. The summed E-state index contributed by atoms with van der Waals surface area (Å²) in [4.78, 5) is 54.4. The Hall–Kier alpha value is -3.77. The number of hydrazine groups is 1. The van der Waals surface area contributed by atoms with E-state index in [1.807, 2.05) is 44.2 Å². The summed E-state index contributed by atoms with van der Waals surface area (Å²) in [5.74, 6) is -3.40. The lowest BCUT2D eigenvalue weighted by Crippen LogP contribution is -2.57. The number of esters is 1. The minimum absolute atomic E-state index is 0.0170. The highest BCUT2D eigenvalue weighted by Gasteiger charge is 2.54. The second-order valence-electron chi connectivity index (χ2n) is 13.6. The molecule has 2 aliphatic heterocycles. The minimum atomic E-state index is -3.77. The topological polar surface area (TPSA) is 142 Å². The lowest BCUT2D eigenvalue weighted by Gasteiger charge is -2.36. The molecule has 2 aromatic carbocycles. The molecule has 11 nitrogen and oxygen atoms in total. The number of sulfonamides is 1. The molecule has 2 N–H and O–H groups in total. The molecule has 46 heavy (non-hydrogen) atoms. The Labute approximate surface area is 272 Å². The third kappa shape index (κ3) is 8.33. The van der Waals surface area contributed by atoms with E-state index in [0.29, 0.717) is 30.7 Å². The van der Waals surface area contributed by atoms with Crippen molar-refractivity contribution in [1.82, 2.24) is 20.1 Å². The van der Waals surface area contributed by atoms with Crippen LogP contribution in [0.15, 0.2) is 65.6 Å². The van der Waals surface area contributed by atoms with Crippen LogP contribution in [0.5, 0.6) is 0 Å². The van der Waals surface area contributed by atoms with Gasteiger partial charge < -0.3 is 10.1 Å². The maximum Gasteiger partial charge on any atom is 0.344 e. The number of nitrogens with zero attached hydrogens (tertiary/aromatic N) is 2. The molecule has 1 spiro atoms. The molecule has 0 radical (unpaired) electrons. The van der Waals surface area contributed by atoms with Crippen LogP contribution in [-0.4, -0.2) is 65.8 Å². The molecule has 0 bridgehead atoms. The average molecular weight is 655 g/mol. The van der Waals surface area contributed by atoms with Crippen LogP contribution in [0.4, 0.5) is 4.79 Å². The Bertz CT molecular complexity index is 1500. The van der Waals surface area contributed by atoms with E-state index in [2.05, 4.69) is 10.7 Å². The van der Waals surface area contributed by atoms with Gasteiger partial charge in [0.05, 0.1) is 16.7 Å². The minimum Gasteiger partial charge on any atom is -0.460 e. The lowest BCUT2D eigenvalue weighted by atomic mass is 9.81. The van der Waals surface area contributed by atoms with Crippen molar-refractivity contribution in [2.24, 2.45) is 17.8 Å². The van der Waals surface area contributed by atoms with Gasteiger partial charge in [-0.2, -0.15) is 9.31 Å². The van der Waals surface area contributed by atoms with Crippen molar-refractivity contribution in [1.29, 1.82) is 0 Å². The third-order valence-corrected chi connectivity index (χ3v) is 10.3. The number of rotatable bonds is 12. The number of benzene rings is 2. The normalized spacial score (nSPS) is 18.3. The highest BCUT2D eigenvalue weighted by molar-refractivity contribution is 7.89. The fraction of sp³-hybridized carbons (Fsp3) is 0.529. The predicted octanol–water partition coefficient (Wildman–Crippen LogP) is 4.44. The SMILES string of the molecule is CC(C)CC(C(=O)NN1C(=O)NC2(CCN(S(=O)(=O)c3ccccc3)CC2)C1=O)[C@@H](CCCc1ccccc1)C(=O)OC(C)(C)C. The van der Waals surface area contributed by atoms with E-state index >= 15 is 0 Å². The van der Waals surface area contributed by atoms with Crippen molar-refractivity contribution in [3.63, 3.8) is 0 Å². The van der Waals surface area contributed by atoms with Gasteiger partial charge in [0.2, 0.25) is 15.9 Å². The van der Waals surface area contributed by atoms with Gasteiger partial charge >= 0.3 is 12.0 Å². The molecule has 2 heterocycles. The highest BCUT2D eigenvalue weighted by atomic mass is 32.2. The zero-order valence-electron chi connectivity index (χ0n) is 27.3. The second-order valence-corrected chi connectivity index (χ2v) is 15.5. The second kappa shape index (κ2) is 14.3. The molecule has 12 heteroatoms. The Morgan fingerprint density at radius 1 is 0.957 bits per heavy atom. The van der Waals surface area contributed by atoms with Crippen LogP contribution in [0, 0.1) is 17.8 Å². The number of amides is 4. The molecular weight excluding hydrogens is 608 g/mol. The lowest BCUT2D eigenvalue weighted by molar-refractivity contribution is -0.165. The largest absolute Gasteiger partial charge is 0.460 e. The van der Waals surface area contributed by atoms with Crippen molar-refractivity contribution in [2.45, 2.75) is 89.2 Å². The van der Waals surface area contributed by atoms with Gasteiger partial charge in [-0.05, 0) is 82.9 Å². The summed E-state index contributed by atoms with van der Waals surface area (Å²) in [5, 5.41) is 3.40. The highest BCUT2D eigenvalue weighted by Crippen LogP contribution is 2.33. The zero-order chi connectivity index (χ0) is 33.7. The van der Waals surface area contributed by atoms with Crippen molar-refractivity contribution >= 4 is 33.8 Å².